The van der Waals surface area contributed by atoms with Gasteiger partial charge in [0.15, 0.2) is 0 Å². The highest BCUT2D eigenvalue weighted by Gasteiger charge is 2.32. The van der Waals surface area contributed by atoms with Crippen LogP contribution in [0.2, 0.25) is 0 Å². The summed E-state index contributed by atoms with van der Waals surface area (Å²) in [4.78, 5) is 0. The van der Waals surface area contributed by atoms with Crippen LogP contribution >= 0.6 is 0 Å². The minimum Gasteiger partial charge on any atom is -0.487 e. The van der Waals surface area contributed by atoms with Crippen LogP contribution in [-0.4, -0.2) is 12.1 Å². The summed E-state index contributed by atoms with van der Waals surface area (Å²) in [5.74, 6) is -0.316. The van der Waals surface area contributed by atoms with Gasteiger partial charge in [0, 0.05) is 11.5 Å². The number of rotatable bonds is 4. The molecule has 0 aromatic heterocycles. The number of nitrogens with two attached hydrogens (primary N) is 1. The van der Waals surface area contributed by atoms with E-state index in [0.29, 0.717) is 0 Å². The van der Waals surface area contributed by atoms with E-state index in [-0.39, 0.29) is 28.9 Å². The van der Waals surface area contributed by atoms with Gasteiger partial charge >= 0.3 is 0 Å². The molecule has 0 saturated carbocycles. The van der Waals surface area contributed by atoms with Gasteiger partial charge in [-0.05, 0) is 18.6 Å². The van der Waals surface area contributed by atoms with Crippen LogP contribution in [0.25, 0.3) is 0 Å². The van der Waals surface area contributed by atoms with E-state index < -0.39 is 5.82 Å². The van der Waals surface area contributed by atoms with Crippen molar-refractivity contribution in [2.24, 2.45) is 11.1 Å². The fourth-order valence-electron chi connectivity index (χ4n) is 1.97. The number of nitrogens with zero attached hydrogens (tertiary/aromatic N) is 1. The predicted octanol–water partition coefficient (Wildman–Crippen LogP) is 3.23. The Labute approximate surface area is 114 Å². The molecule has 0 radical (unpaired) electrons. The van der Waals surface area contributed by atoms with Gasteiger partial charge < -0.3 is 10.5 Å². The van der Waals surface area contributed by atoms with Crippen LogP contribution in [0.5, 0.6) is 5.75 Å². The molecule has 2 atom stereocenters. The second-order valence-electron chi connectivity index (χ2n) is 5.70. The summed E-state index contributed by atoms with van der Waals surface area (Å²) in [6.45, 7) is 8.01. The monoisotopic (exact) mass is 264 g/mol. The molecule has 0 aliphatic rings. The maximum Gasteiger partial charge on any atom is 0.144 e. The highest BCUT2D eigenvalue weighted by atomic mass is 19.1. The summed E-state index contributed by atoms with van der Waals surface area (Å²) < 4.78 is 19.4. The third-order valence-electron chi connectivity index (χ3n) is 3.05. The second-order valence-corrected chi connectivity index (χ2v) is 5.70. The lowest BCUT2D eigenvalue weighted by molar-refractivity contribution is 0.0616. The third-order valence-corrected chi connectivity index (χ3v) is 3.05. The zero-order valence-corrected chi connectivity index (χ0v) is 11.9. The van der Waals surface area contributed by atoms with E-state index in [4.69, 9.17) is 15.7 Å². The van der Waals surface area contributed by atoms with Crippen molar-refractivity contribution in [1.29, 1.82) is 5.26 Å². The van der Waals surface area contributed by atoms with Crippen LogP contribution in [0.15, 0.2) is 18.2 Å². The van der Waals surface area contributed by atoms with E-state index in [1.165, 1.54) is 12.1 Å². The van der Waals surface area contributed by atoms with Crippen LogP contribution in [0.4, 0.5) is 4.39 Å². The Morgan fingerprint density at radius 2 is 2.05 bits per heavy atom. The minimum absolute atomic E-state index is 0.0694. The molecular weight excluding hydrogens is 243 g/mol. The van der Waals surface area contributed by atoms with Crippen LogP contribution < -0.4 is 10.5 Å². The van der Waals surface area contributed by atoms with Crippen LogP contribution in [0.1, 0.15) is 39.7 Å². The molecule has 0 saturated heterocycles. The lowest BCUT2D eigenvalue weighted by Crippen LogP contribution is -2.47. The molecule has 0 amide bonds. The van der Waals surface area contributed by atoms with E-state index >= 15 is 0 Å². The van der Waals surface area contributed by atoms with E-state index in [2.05, 4.69) is 0 Å². The molecule has 104 valence electrons. The summed E-state index contributed by atoms with van der Waals surface area (Å²) in [6, 6.07) is 6.04. The first-order chi connectivity index (χ1) is 8.81. The van der Waals surface area contributed by atoms with Gasteiger partial charge in [0.2, 0.25) is 0 Å². The van der Waals surface area contributed by atoms with Crippen molar-refractivity contribution >= 4 is 0 Å². The Morgan fingerprint density at radius 1 is 1.42 bits per heavy atom. The van der Waals surface area contributed by atoms with Gasteiger partial charge in [-0.15, -0.1) is 0 Å². The lowest BCUT2D eigenvalue weighted by Gasteiger charge is -2.35. The van der Waals surface area contributed by atoms with Crippen LogP contribution in [-0.2, 0) is 0 Å². The fourth-order valence-corrected chi connectivity index (χ4v) is 1.97. The molecule has 1 aromatic rings. The highest BCUT2D eigenvalue weighted by molar-refractivity contribution is 5.44. The third kappa shape index (κ3) is 3.68. The van der Waals surface area contributed by atoms with Crippen LogP contribution in [0.3, 0.4) is 0 Å². The zero-order valence-electron chi connectivity index (χ0n) is 11.9. The van der Waals surface area contributed by atoms with Crippen molar-refractivity contribution in [3.05, 3.63) is 29.6 Å². The maximum absolute atomic E-state index is 13.5. The Hall–Kier alpha value is -1.60. The van der Waals surface area contributed by atoms with Crippen molar-refractivity contribution in [2.45, 2.75) is 46.3 Å². The number of hydrogen-bond donors (Lipinski definition) is 1. The normalized spacial score (nSPS) is 14.6. The quantitative estimate of drug-likeness (QED) is 0.908. The first kappa shape index (κ1) is 15.5. The molecule has 2 N–H and O–H groups in total. The van der Waals surface area contributed by atoms with Gasteiger partial charge in [0.05, 0.1) is 0 Å². The first-order valence-corrected chi connectivity index (χ1v) is 6.42. The number of nitriles is 1. The molecule has 0 aliphatic carbocycles. The molecule has 1 rings (SSSR count). The molecule has 0 fully saturated rings. The molecule has 19 heavy (non-hydrogen) atoms. The summed E-state index contributed by atoms with van der Waals surface area (Å²) in [6.07, 6.45) is 0.463. The van der Waals surface area contributed by atoms with E-state index in [1.807, 2.05) is 33.8 Å². The number of benzene rings is 1. The first-order valence-electron chi connectivity index (χ1n) is 6.42. The van der Waals surface area contributed by atoms with Gasteiger partial charge in [-0.25, -0.2) is 4.39 Å². The molecule has 0 heterocycles. The molecule has 1 aromatic carbocycles. The van der Waals surface area contributed by atoms with E-state index in [1.54, 1.807) is 6.07 Å². The molecule has 3 nitrogen and oxygen atoms in total. The molecule has 4 heteroatoms. The number of halogens is 1. The van der Waals surface area contributed by atoms with Crippen molar-refractivity contribution in [1.82, 2.24) is 0 Å². The average molecular weight is 264 g/mol. The largest absolute Gasteiger partial charge is 0.487 e. The van der Waals surface area contributed by atoms with Gasteiger partial charge in [0.1, 0.15) is 29.3 Å². The molecule has 0 spiro atoms. The SMILES string of the molecule is CCC(N)C(Oc1cccc(F)c1C#N)C(C)(C)C. The van der Waals surface area contributed by atoms with Gasteiger partial charge in [-0.2, -0.15) is 5.26 Å². The Kier molecular flexibility index (Phi) is 4.90. The smallest absolute Gasteiger partial charge is 0.144 e. The average Bonchev–Trinajstić information content (AvgIpc) is 2.33. The highest BCUT2D eigenvalue weighted by Crippen LogP contribution is 2.30. The molecular formula is C15H21FN2O. The van der Waals surface area contributed by atoms with Gasteiger partial charge in [-0.1, -0.05) is 33.8 Å². The summed E-state index contributed by atoms with van der Waals surface area (Å²) >= 11 is 0. The van der Waals surface area contributed by atoms with E-state index in [0.717, 1.165) is 6.42 Å². The molecule has 0 bridgehead atoms. The van der Waals surface area contributed by atoms with Crippen molar-refractivity contribution in [3.63, 3.8) is 0 Å². The summed E-state index contributed by atoms with van der Waals surface area (Å²) in [5, 5.41) is 9.01. The number of ether oxygens (including phenoxy) is 1. The number of hydrogen-bond acceptors (Lipinski definition) is 3. The van der Waals surface area contributed by atoms with Crippen molar-refractivity contribution < 1.29 is 9.13 Å². The predicted molar refractivity (Wildman–Crippen MR) is 73.3 cm³/mol. The Morgan fingerprint density at radius 3 is 2.53 bits per heavy atom. The fraction of sp³-hybridized carbons (Fsp3) is 0.533. The maximum atomic E-state index is 13.5. The molecule has 0 aliphatic heterocycles. The Bertz CT molecular complexity index is 474. The second kappa shape index (κ2) is 6.03. The van der Waals surface area contributed by atoms with Crippen molar-refractivity contribution in [3.8, 4) is 11.8 Å². The standard InChI is InChI=1S/C15H21FN2O/c1-5-12(18)14(15(2,3)4)19-13-8-6-7-11(16)10(13)9-17/h6-8,12,14H,5,18H2,1-4H3. The summed E-state index contributed by atoms with van der Waals surface area (Å²) in [5.41, 5.74) is 5.81. The van der Waals surface area contributed by atoms with Gasteiger partial charge in [-0.3, -0.25) is 0 Å². The lowest BCUT2D eigenvalue weighted by atomic mass is 9.84. The zero-order chi connectivity index (χ0) is 14.6. The molecule has 2 unspecified atom stereocenters. The van der Waals surface area contributed by atoms with Crippen molar-refractivity contribution in [2.75, 3.05) is 0 Å². The van der Waals surface area contributed by atoms with E-state index in [9.17, 15) is 4.39 Å². The minimum atomic E-state index is -0.572. The van der Waals surface area contributed by atoms with Crippen LogP contribution in [0, 0.1) is 22.6 Å². The Balaban J connectivity index is 3.11. The topological polar surface area (TPSA) is 59.0 Å². The summed E-state index contributed by atoms with van der Waals surface area (Å²) in [7, 11) is 0. The van der Waals surface area contributed by atoms with Gasteiger partial charge in [0.25, 0.3) is 0 Å².